The Hall–Kier alpha value is -1.87. The van der Waals surface area contributed by atoms with Gasteiger partial charge >= 0.3 is 5.97 Å². The van der Waals surface area contributed by atoms with Crippen molar-refractivity contribution in [3.8, 4) is 0 Å². The normalized spacial score (nSPS) is 9.94. The van der Waals surface area contributed by atoms with Gasteiger partial charge in [0.2, 0.25) is 0 Å². The zero-order chi connectivity index (χ0) is 12.1. The van der Waals surface area contributed by atoms with Gasteiger partial charge in [-0.15, -0.1) is 0 Å². The molecular formula is C13H10ClNO2. The van der Waals surface area contributed by atoms with Crippen molar-refractivity contribution in [1.82, 2.24) is 4.98 Å². The number of benzene rings is 1. The second-order valence-corrected chi connectivity index (χ2v) is 3.82. The summed E-state index contributed by atoms with van der Waals surface area (Å²) in [5, 5.41) is 0.589. The fraction of sp³-hybridized carbons (Fsp3) is 0.0769. The van der Waals surface area contributed by atoms with Crippen LogP contribution in [0.2, 0.25) is 5.02 Å². The fourth-order valence-corrected chi connectivity index (χ4v) is 1.52. The van der Waals surface area contributed by atoms with Crippen LogP contribution in [0, 0.1) is 0 Å². The van der Waals surface area contributed by atoms with Gasteiger partial charge in [-0.2, -0.15) is 0 Å². The molecule has 0 bridgehead atoms. The van der Waals surface area contributed by atoms with E-state index in [-0.39, 0.29) is 6.61 Å². The molecule has 0 aliphatic rings. The molecule has 0 saturated carbocycles. The van der Waals surface area contributed by atoms with E-state index in [2.05, 4.69) is 4.98 Å². The van der Waals surface area contributed by atoms with E-state index in [9.17, 15) is 4.79 Å². The van der Waals surface area contributed by atoms with Gasteiger partial charge in [-0.05, 0) is 18.2 Å². The summed E-state index contributed by atoms with van der Waals surface area (Å²) in [5.74, 6) is -0.405. The maximum Gasteiger partial charge on any atom is 0.340 e. The van der Waals surface area contributed by atoms with Gasteiger partial charge < -0.3 is 4.74 Å². The Morgan fingerprint density at radius 2 is 2.06 bits per heavy atom. The highest BCUT2D eigenvalue weighted by atomic mass is 35.5. The summed E-state index contributed by atoms with van der Waals surface area (Å²) in [6, 6.07) is 10.6. The summed E-state index contributed by atoms with van der Waals surface area (Å²) in [6.45, 7) is 0.160. The number of esters is 1. The van der Waals surface area contributed by atoms with Crippen molar-refractivity contribution in [1.29, 1.82) is 0 Å². The molecule has 2 aromatic rings. The van der Waals surface area contributed by atoms with Crippen molar-refractivity contribution in [2.24, 2.45) is 0 Å². The minimum Gasteiger partial charge on any atom is -0.457 e. The first-order valence-corrected chi connectivity index (χ1v) is 5.46. The highest BCUT2D eigenvalue weighted by molar-refractivity contribution is 6.31. The van der Waals surface area contributed by atoms with Gasteiger partial charge in [0.1, 0.15) is 6.61 Å². The maximum atomic E-state index is 11.6. The fourth-order valence-electron chi connectivity index (χ4n) is 1.33. The summed E-state index contributed by atoms with van der Waals surface area (Å²) >= 11 is 5.95. The number of hydrogen-bond acceptors (Lipinski definition) is 3. The number of nitrogens with zero attached hydrogens (tertiary/aromatic N) is 1. The SMILES string of the molecule is O=C(OCc1ccccc1Cl)c1cccnc1. The van der Waals surface area contributed by atoms with Crippen LogP contribution in [0.1, 0.15) is 15.9 Å². The highest BCUT2D eigenvalue weighted by Gasteiger charge is 2.07. The summed E-state index contributed by atoms with van der Waals surface area (Å²) in [6.07, 6.45) is 3.07. The third-order valence-corrected chi connectivity index (χ3v) is 2.58. The lowest BCUT2D eigenvalue weighted by Gasteiger charge is -2.05. The van der Waals surface area contributed by atoms with Crippen LogP contribution < -0.4 is 0 Å². The molecule has 1 heterocycles. The summed E-state index contributed by atoms with van der Waals surface area (Å²) < 4.78 is 5.13. The van der Waals surface area contributed by atoms with E-state index in [1.807, 2.05) is 18.2 Å². The standard InChI is InChI=1S/C13H10ClNO2/c14-12-6-2-1-4-11(12)9-17-13(16)10-5-3-7-15-8-10/h1-8H,9H2. The molecule has 0 spiro atoms. The van der Waals surface area contributed by atoms with Gasteiger partial charge in [0.15, 0.2) is 0 Å². The molecule has 17 heavy (non-hydrogen) atoms. The van der Waals surface area contributed by atoms with Gasteiger partial charge in [0.25, 0.3) is 0 Å². The smallest absolute Gasteiger partial charge is 0.340 e. The number of carbonyl (C=O) groups excluding carboxylic acids is 1. The molecule has 1 aromatic carbocycles. The molecule has 0 aliphatic carbocycles. The quantitative estimate of drug-likeness (QED) is 0.783. The molecule has 0 aliphatic heterocycles. The lowest BCUT2D eigenvalue weighted by Crippen LogP contribution is -2.05. The largest absolute Gasteiger partial charge is 0.457 e. The summed E-state index contributed by atoms with van der Waals surface area (Å²) in [4.78, 5) is 15.5. The van der Waals surface area contributed by atoms with Crippen LogP contribution in [-0.4, -0.2) is 11.0 Å². The molecule has 0 saturated heterocycles. The molecule has 86 valence electrons. The molecule has 0 atom stereocenters. The Morgan fingerprint density at radius 1 is 1.24 bits per heavy atom. The molecule has 0 amide bonds. The predicted molar refractivity (Wildman–Crippen MR) is 64.8 cm³/mol. The first kappa shape index (κ1) is 11.6. The second kappa shape index (κ2) is 5.46. The number of halogens is 1. The molecule has 2 rings (SSSR count). The summed E-state index contributed by atoms with van der Waals surface area (Å²) in [5.41, 5.74) is 1.21. The summed E-state index contributed by atoms with van der Waals surface area (Å²) in [7, 11) is 0. The number of hydrogen-bond donors (Lipinski definition) is 0. The third-order valence-electron chi connectivity index (χ3n) is 2.21. The van der Waals surface area contributed by atoms with Gasteiger partial charge in [-0.3, -0.25) is 4.98 Å². The molecular weight excluding hydrogens is 238 g/mol. The average Bonchev–Trinajstić information content (AvgIpc) is 2.38. The van der Waals surface area contributed by atoms with Crippen LogP contribution in [0.15, 0.2) is 48.8 Å². The van der Waals surface area contributed by atoms with E-state index < -0.39 is 5.97 Å². The number of ether oxygens (including phenoxy) is 1. The van der Waals surface area contributed by atoms with Crippen LogP contribution >= 0.6 is 11.6 Å². The van der Waals surface area contributed by atoms with Gasteiger partial charge in [0, 0.05) is 23.0 Å². The van der Waals surface area contributed by atoms with E-state index >= 15 is 0 Å². The van der Waals surface area contributed by atoms with Crippen LogP contribution in [0.5, 0.6) is 0 Å². The Bertz CT molecular complexity index is 514. The first-order valence-electron chi connectivity index (χ1n) is 5.08. The van der Waals surface area contributed by atoms with Gasteiger partial charge in [-0.1, -0.05) is 29.8 Å². The van der Waals surface area contributed by atoms with Crippen LogP contribution in [0.4, 0.5) is 0 Å². The molecule has 0 N–H and O–H groups in total. The molecule has 0 unspecified atom stereocenters. The van der Waals surface area contributed by atoms with E-state index in [0.717, 1.165) is 5.56 Å². The highest BCUT2D eigenvalue weighted by Crippen LogP contribution is 2.16. The van der Waals surface area contributed by atoms with Crippen molar-refractivity contribution in [3.63, 3.8) is 0 Å². The number of rotatable bonds is 3. The van der Waals surface area contributed by atoms with Crippen molar-refractivity contribution in [3.05, 3.63) is 64.9 Å². The molecule has 1 aromatic heterocycles. The zero-order valence-corrected chi connectivity index (χ0v) is 9.72. The number of carbonyl (C=O) groups is 1. The molecule has 0 fully saturated rings. The second-order valence-electron chi connectivity index (χ2n) is 3.41. The third kappa shape index (κ3) is 3.04. The Morgan fingerprint density at radius 3 is 2.76 bits per heavy atom. The molecule has 3 nitrogen and oxygen atoms in total. The van der Waals surface area contributed by atoms with Crippen molar-refractivity contribution in [2.45, 2.75) is 6.61 Å². The van der Waals surface area contributed by atoms with Crippen LogP contribution in [0.3, 0.4) is 0 Å². The monoisotopic (exact) mass is 247 g/mol. The van der Waals surface area contributed by atoms with E-state index in [0.29, 0.717) is 10.6 Å². The Kier molecular flexibility index (Phi) is 3.73. The van der Waals surface area contributed by atoms with Gasteiger partial charge in [0.05, 0.1) is 5.56 Å². The minimum absolute atomic E-state index is 0.160. The lowest BCUT2D eigenvalue weighted by atomic mass is 10.2. The number of pyridine rings is 1. The maximum absolute atomic E-state index is 11.6. The molecule has 0 radical (unpaired) electrons. The lowest BCUT2D eigenvalue weighted by molar-refractivity contribution is 0.0472. The van der Waals surface area contributed by atoms with Gasteiger partial charge in [-0.25, -0.2) is 4.79 Å². The van der Waals surface area contributed by atoms with E-state index in [1.54, 1.807) is 24.4 Å². The van der Waals surface area contributed by atoms with E-state index in [4.69, 9.17) is 16.3 Å². The Balaban J connectivity index is 2.00. The zero-order valence-electron chi connectivity index (χ0n) is 8.97. The number of aromatic nitrogens is 1. The first-order chi connectivity index (χ1) is 8.27. The Labute approximate surface area is 104 Å². The van der Waals surface area contributed by atoms with Crippen molar-refractivity contribution < 1.29 is 9.53 Å². The van der Waals surface area contributed by atoms with Crippen molar-refractivity contribution >= 4 is 17.6 Å². The van der Waals surface area contributed by atoms with Crippen LogP contribution in [0.25, 0.3) is 0 Å². The molecule has 4 heteroatoms. The van der Waals surface area contributed by atoms with Crippen molar-refractivity contribution in [2.75, 3.05) is 0 Å². The van der Waals surface area contributed by atoms with Crippen LogP contribution in [-0.2, 0) is 11.3 Å². The van der Waals surface area contributed by atoms with E-state index in [1.165, 1.54) is 6.20 Å². The predicted octanol–water partition coefficient (Wildman–Crippen LogP) is 3.09. The minimum atomic E-state index is -0.405. The average molecular weight is 248 g/mol. The topological polar surface area (TPSA) is 39.2 Å².